The molecular weight excluding hydrogens is 420 g/mol. The fourth-order valence-electron chi connectivity index (χ4n) is 3.20. The second-order valence-corrected chi connectivity index (χ2v) is 7.20. The molecule has 9 heteroatoms. The molecule has 0 atom stereocenters. The molecule has 9 nitrogen and oxygen atoms in total. The van der Waals surface area contributed by atoms with Gasteiger partial charge in [0.1, 0.15) is 11.5 Å². The Labute approximate surface area is 191 Å². The standard InChI is InChI=1S/C24H24N6O3/c1-4-32-21-8-6-5-7-20(21)26-24(31)25-18-9-11-19(12-10-18)33-23-14-13-22(27-28-23)30-17(3)15-16(2)29-30/h5-15H,4H2,1-3H3,(H2,25,26,31). The van der Waals surface area contributed by atoms with E-state index in [1.54, 1.807) is 53.2 Å². The maximum Gasteiger partial charge on any atom is 0.323 e. The van der Waals surface area contributed by atoms with Crippen molar-refractivity contribution in [3.63, 3.8) is 0 Å². The minimum atomic E-state index is -0.374. The van der Waals surface area contributed by atoms with Gasteiger partial charge in [-0.05, 0) is 69.3 Å². The van der Waals surface area contributed by atoms with E-state index in [4.69, 9.17) is 9.47 Å². The van der Waals surface area contributed by atoms with Gasteiger partial charge in [0.15, 0.2) is 5.82 Å². The van der Waals surface area contributed by atoms with Crippen LogP contribution in [-0.2, 0) is 0 Å². The van der Waals surface area contributed by atoms with Crippen molar-refractivity contribution < 1.29 is 14.3 Å². The lowest BCUT2D eigenvalue weighted by atomic mass is 10.3. The average Bonchev–Trinajstić information content (AvgIpc) is 3.15. The topological polar surface area (TPSA) is 103 Å². The van der Waals surface area contributed by atoms with E-state index >= 15 is 0 Å². The number of nitrogens with one attached hydrogen (secondary N) is 2. The lowest BCUT2D eigenvalue weighted by molar-refractivity contribution is 0.262. The predicted molar refractivity (Wildman–Crippen MR) is 125 cm³/mol. The summed E-state index contributed by atoms with van der Waals surface area (Å²) < 4.78 is 13.0. The fourth-order valence-corrected chi connectivity index (χ4v) is 3.20. The third-order valence-electron chi connectivity index (χ3n) is 4.62. The van der Waals surface area contributed by atoms with E-state index in [0.717, 1.165) is 11.4 Å². The molecule has 0 unspecified atom stereocenters. The van der Waals surface area contributed by atoms with Gasteiger partial charge in [-0.1, -0.05) is 12.1 Å². The molecule has 2 heterocycles. The van der Waals surface area contributed by atoms with Gasteiger partial charge in [0, 0.05) is 17.4 Å². The Kier molecular flexibility index (Phi) is 6.49. The van der Waals surface area contributed by atoms with Crippen molar-refractivity contribution in [2.24, 2.45) is 0 Å². The van der Waals surface area contributed by atoms with Crippen LogP contribution in [0.1, 0.15) is 18.3 Å². The number of anilines is 2. The van der Waals surface area contributed by atoms with Crippen molar-refractivity contribution in [2.45, 2.75) is 20.8 Å². The van der Waals surface area contributed by atoms with Gasteiger partial charge >= 0.3 is 6.03 Å². The molecule has 0 aliphatic carbocycles. The molecule has 0 saturated carbocycles. The first-order chi connectivity index (χ1) is 16.0. The highest BCUT2D eigenvalue weighted by Crippen LogP contribution is 2.25. The van der Waals surface area contributed by atoms with Crippen LogP contribution in [0.3, 0.4) is 0 Å². The number of amides is 2. The van der Waals surface area contributed by atoms with Gasteiger partial charge in [0.05, 0.1) is 18.0 Å². The second kappa shape index (κ2) is 9.82. The normalized spacial score (nSPS) is 10.5. The monoisotopic (exact) mass is 444 g/mol. The molecule has 0 saturated heterocycles. The Morgan fingerprint density at radius 1 is 0.970 bits per heavy atom. The van der Waals surface area contributed by atoms with Crippen molar-refractivity contribution in [1.82, 2.24) is 20.0 Å². The van der Waals surface area contributed by atoms with Gasteiger partial charge in [0.2, 0.25) is 5.88 Å². The van der Waals surface area contributed by atoms with Crippen LogP contribution in [-0.4, -0.2) is 32.6 Å². The molecular formula is C24H24N6O3. The van der Waals surface area contributed by atoms with Crippen LogP contribution in [0.4, 0.5) is 16.2 Å². The maximum atomic E-state index is 12.4. The van der Waals surface area contributed by atoms with Gasteiger partial charge in [-0.25, -0.2) is 9.48 Å². The molecule has 0 aliphatic rings. The number of hydrogen-bond acceptors (Lipinski definition) is 6. The van der Waals surface area contributed by atoms with Gasteiger partial charge < -0.3 is 20.1 Å². The first kappa shape index (κ1) is 21.8. The molecule has 2 aromatic carbocycles. The number of carbonyl (C=O) groups is 1. The van der Waals surface area contributed by atoms with E-state index in [1.165, 1.54) is 0 Å². The van der Waals surface area contributed by atoms with Crippen molar-refractivity contribution in [1.29, 1.82) is 0 Å². The molecule has 2 N–H and O–H groups in total. The van der Waals surface area contributed by atoms with E-state index in [9.17, 15) is 4.79 Å². The number of rotatable bonds is 7. The molecule has 2 amide bonds. The Bertz CT molecular complexity index is 1240. The van der Waals surface area contributed by atoms with Gasteiger partial charge in [-0.15, -0.1) is 10.2 Å². The Hall–Kier alpha value is -4.40. The summed E-state index contributed by atoms with van der Waals surface area (Å²) in [5.41, 5.74) is 3.10. The highest BCUT2D eigenvalue weighted by molar-refractivity contribution is 6.00. The van der Waals surface area contributed by atoms with Crippen molar-refractivity contribution >= 4 is 17.4 Å². The zero-order valence-corrected chi connectivity index (χ0v) is 18.6. The summed E-state index contributed by atoms with van der Waals surface area (Å²) in [4.78, 5) is 12.4. The number of benzene rings is 2. The van der Waals surface area contributed by atoms with Gasteiger partial charge in [0.25, 0.3) is 0 Å². The number of urea groups is 1. The summed E-state index contributed by atoms with van der Waals surface area (Å²) in [7, 11) is 0. The Balaban J connectivity index is 1.35. The second-order valence-electron chi connectivity index (χ2n) is 7.20. The zero-order valence-electron chi connectivity index (χ0n) is 18.6. The number of aromatic nitrogens is 4. The minimum absolute atomic E-state index is 0.353. The minimum Gasteiger partial charge on any atom is -0.492 e. The summed E-state index contributed by atoms with van der Waals surface area (Å²) in [6, 6.07) is 19.3. The largest absolute Gasteiger partial charge is 0.492 e. The van der Waals surface area contributed by atoms with Gasteiger partial charge in [-0.2, -0.15) is 5.10 Å². The maximum absolute atomic E-state index is 12.4. The van der Waals surface area contributed by atoms with Crippen LogP contribution in [0.2, 0.25) is 0 Å². The van der Waals surface area contributed by atoms with Crippen LogP contribution >= 0.6 is 0 Å². The van der Waals surface area contributed by atoms with E-state index in [1.807, 2.05) is 39.0 Å². The smallest absolute Gasteiger partial charge is 0.323 e. The van der Waals surface area contributed by atoms with Crippen molar-refractivity contribution in [3.05, 3.63) is 78.1 Å². The molecule has 4 rings (SSSR count). The number of carbonyl (C=O) groups excluding carboxylic acids is 1. The zero-order chi connectivity index (χ0) is 23.2. The summed E-state index contributed by atoms with van der Waals surface area (Å²) in [6.45, 7) is 6.29. The number of para-hydroxylation sites is 2. The molecule has 0 aliphatic heterocycles. The molecule has 2 aromatic heterocycles. The summed E-state index contributed by atoms with van der Waals surface area (Å²) >= 11 is 0. The molecule has 168 valence electrons. The quantitative estimate of drug-likeness (QED) is 0.410. The number of hydrogen-bond donors (Lipinski definition) is 2. The highest BCUT2D eigenvalue weighted by Gasteiger charge is 2.09. The first-order valence-corrected chi connectivity index (χ1v) is 10.5. The van der Waals surface area contributed by atoms with Crippen LogP contribution < -0.4 is 20.1 Å². The lowest BCUT2D eigenvalue weighted by Gasteiger charge is -2.12. The first-order valence-electron chi connectivity index (χ1n) is 10.5. The third-order valence-corrected chi connectivity index (χ3v) is 4.62. The number of ether oxygens (including phenoxy) is 2. The molecule has 0 bridgehead atoms. The molecule has 0 spiro atoms. The number of aryl methyl sites for hydroxylation is 2. The van der Waals surface area contributed by atoms with Gasteiger partial charge in [-0.3, -0.25) is 0 Å². The summed E-state index contributed by atoms with van der Waals surface area (Å²) in [6.07, 6.45) is 0. The third kappa shape index (κ3) is 5.45. The molecule has 33 heavy (non-hydrogen) atoms. The molecule has 4 aromatic rings. The predicted octanol–water partition coefficient (Wildman–Crippen LogP) is 5.11. The number of nitrogens with zero attached hydrogens (tertiary/aromatic N) is 4. The van der Waals surface area contributed by atoms with E-state index in [-0.39, 0.29) is 6.03 Å². The van der Waals surface area contributed by atoms with Crippen LogP contribution in [0.15, 0.2) is 66.7 Å². The lowest BCUT2D eigenvalue weighted by Crippen LogP contribution is -2.19. The van der Waals surface area contributed by atoms with E-state index in [2.05, 4.69) is 25.9 Å². The fraction of sp³-hybridized carbons (Fsp3) is 0.167. The van der Waals surface area contributed by atoms with E-state index < -0.39 is 0 Å². The average molecular weight is 444 g/mol. The Morgan fingerprint density at radius 2 is 1.76 bits per heavy atom. The molecule has 0 radical (unpaired) electrons. The summed E-state index contributed by atoms with van der Waals surface area (Å²) in [5, 5.41) is 18.3. The van der Waals surface area contributed by atoms with Crippen molar-refractivity contribution in [3.8, 4) is 23.2 Å². The van der Waals surface area contributed by atoms with Crippen LogP contribution in [0.5, 0.6) is 17.4 Å². The highest BCUT2D eigenvalue weighted by atomic mass is 16.5. The van der Waals surface area contributed by atoms with Crippen LogP contribution in [0.25, 0.3) is 5.82 Å². The van der Waals surface area contributed by atoms with E-state index in [0.29, 0.717) is 41.2 Å². The van der Waals surface area contributed by atoms with Crippen molar-refractivity contribution in [2.75, 3.05) is 17.2 Å². The van der Waals surface area contributed by atoms with Crippen LogP contribution in [0, 0.1) is 13.8 Å². The summed E-state index contributed by atoms with van der Waals surface area (Å²) in [5.74, 6) is 2.15. The SMILES string of the molecule is CCOc1ccccc1NC(=O)Nc1ccc(Oc2ccc(-n3nc(C)cc3C)nn2)cc1. The molecule has 0 fully saturated rings. The Morgan fingerprint density at radius 3 is 2.42 bits per heavy atom.